The molecule has 0 unspecified atom stereocenters. The highest BCUT2D eigenvalue weighted by Crippen LogP contribution is 2.48. The van der Waals surface area contributed by atoms with Crippen LogP contribution in [0.2, 0.25) is 0 Å². The summed E-state index contributed by atoms with van der Waals surface area (Å²) in [6.45, 7) is 3.86. The number of furan rings is 1. The fraction of sp³-hybridized carbons (Fsp3) is 0.500. The summed E-state index contributed by atoms with van der Waals surface area (Å²) in [6, 6.07) is 10.0. The van der Waals surface area contributed by atoms with Gasteiger partial charge in [-0.3, -0.25) is 9.69 Å². The number of nitrogens with zero attached hydrogens (tertiary/aromatic N) is 1. The average molecular weight is 387 g/mol. The van der Waals surface area contributed by atoms with E-state index in [9.17, 15) is 14.3 Å². The minimum Gasteiger partial charge on any atom is -0.461 e. The number of carbonyl (C=O) groups is 1. The fourth-order valence-electron chi connectivity index (χ4n) is 4.82. The molecule has 0 amide bonds. The van der Waals surface area contributed by atoms with Gasteiger partial charge in [-0.25, -0.2) is 4.39 Å². The van der Waals surface area contributed by atoms with Crippen molar-refractivity contribution in [1.82, 2.24) is 4.90 Å². The van der Waals surface area contributed by atoms with E-state index in [4.69, 9.17) is 9.15 Å². The molecule has 2 aliphatic rings. The molecule has 0 bridgehead atoms. The number of carbonyl (C=O) groups excluding carboxylic acids is 1. The molecule has 2 heterocycles. The van der Waals surface area contributed by atoms with E-state index in [1.807, 2.05) is 12.1 Å². The van der Waals surface area contributed by atoms with E-state index >= 15 is 0 Å². The van der Waals surface area contributed by atoms with Crippen molar-refractivity contribution in [3.05, 3.63) is 59.3 Å². The first-order valence-electron chi connectivity index (χ1n) is 9.86. The van der Waals surface area contributed by atoms with E-state index in [1.165, 1.54) is 19.1 Å². The molecular formula is C22H26FNO4. The number of fused-ring (bicyclic) bond motifs is 1. The highest BCUT2D eigenvalue weighted by Gasteiger charge is 2.49. The van der Waals surface area contributed by atoms with Crippen molar-refractivity contribution in [3.8, 4) is 0 Å². The first kappa shape index (κ1) is 19.2. The molecule has 4 rings (SSSR count). The Balaban J connectivity index is 1.44. The lowest BCUT2D eigenvalue weighted by atomic mass is 9.67. The van der Waals surface area contributed by atoms with Crippen LogP contribution in [0.1, 0.15) is 43.3 Å². The number of esters is 1. The highest BCUT2D eigenvalue weighted by molar-refractivity contribution is 5.65. The van der Waals surface area contributed by atoms with Crippen LogP contribution in [0.5, 0.6) is 0 Å². The monoisotopic (exact) mass is 387 g/mol. The van der Waals surface area contributed by atoms with Gasteiger partial charge in [0.05, 0.1) is 12.1 Å². The number of hydrogen-bond donors (Lipinski definition) is 1. The zero-order chi connectivity index (χ0) is 19.7. The molecule has 1 saturated carbocycles. The number of aliphatic hydroxyl groups is 1. The Morgan fingerprint density at radius 1 is 1.25 bits per heavy atom. The van der Waals surface area contributed by atoms with Crippen LogP contribution in [0, 0.1) is 17.7 Å². The quantitative estimate of drug-likeness (QED) is 0.795. The molecule has 2 aromatic rings. The molecular weight excluding hydrogens is 361 g/mol. The lowest BCUT2D eigenvalue weighted by Gasteiger charge is -2.41. The normalized spacial score (nSPS) is 27.5. The molecule has 1 aliphatic heterocycles. The van der Waals surface area contributed by atoms with E-state index in [-0.39, 0.29) is 24.3 Å². The van der Waals surface area contributed by atoms with Gasteiger partial charge in [-0.1, -0.05) is 12.1 Å². The molecule has 0 radical (unpaired) electrons. The zero-order valence-electron chi connectivity index (χ0n) is 16.1. The summed E-state index contributed by atoms with van der Waals surface area (Å²) in [6.07, 6.45) is 2.78. The van der Waals surface area contributed by atoms with Gasteiger partial charge in [-0.15, -0.1) is 0 Å². The summed E-state index contributed by atoms with van der Waals surface area (Å²) in [5.41, 5.74) is -0.0956. The van der Waals surface area contributed by atoms with Crippen LogP contribution in [0.15, 0.2) is 40.8 Å². The van der Waals surface area contributed by atoms with Crippen molar-refractivity contribution < 1.29 is 23.4 Å². The summed E-state index contributed by atoms with van der Waals surface area (Å²) in [5.74, 6) is 1.38. The third-order valence-corrected chi connectivity index (χ3v) is 6.12. The van der Waals surface area contributed by atoms with Gasteiger partial charge >= 0.3 is 5.97 Å². The van der Waals surface area contributed by atoms with Crippen molar-refractivity contribution in [1.29, 1.82) is 0 Å². The first-order chi connectivity index (χ1) is 13.4. The third-order valence-electron chi connectivity index (χ3n) is 6.12. The zero-order valence-corrected chi connectivity index (χ0v) is 16.1. The predicted molar refractivity (Wildman–Crippen MR) is 101 cm³/mol. The second-order valence-electron chi connectivity index (χ2n) is 8.03. The number of likely N-dealkylation sites (tertiary alicyclic amines) is 1. The maximum atomic E-state index is 13.3. The molecule has 1 saturated heterocycles. The van der Waals surface area contributed by atoms with Crippen molar-refractivity contribution in [2.75, 3.05) is 13.1 Å². The summed E-state index contributed by atoms with van der Waals surface area (Å²) in [4.78, 5) is 13.2. The van der Waals surface area contributed by atoms with E-state index in [0.29, 0.717) is 24.6 Å². The molecule has 1 aromatic heterocycles. The van der Waals surface area contributed by atoms with Crippen molar-refractivity contribution in [2.45, 2.75) is 44.9 Å². The Hall–Kier alpha value is -2.18. The minimum atomic E-state index is -0.908. The Kier molecular flexibility index (Phi) is 5.25. The second-order valence-corrected chi connectivity index (χ2v) is 8.03. The van der Waals surface area contributed by atoms with Gasteiger partial charge in [-0.05, 0) is 55.0 Å². The first-order valence-corrected chi connectivity index (χ1v) is 9.86. The number of ether oxygens (including phenoxy) is 1. The maximum Gasteiger partial charge on any atom is 0.303 e. The van der Waals surface area contributed by atoms with Crippen LogP contribution in [0.3, 0.4) is 0 Å². The lowest BCUT2D eigenvalue weighted by molar-refractivity contribution is -0.142. The van der Waals surface area contributed by atoms with Gasteiger partial charge in [-0.2, -0.15) is 0 Å². The molecule has 2 fully saturated rings. The lowest BCUT2D eigenvalue weighted by Crippen LogP contribution is -2.42. The van der Waals surface area contributed by atoms with Gasteiger partial charge in [0, 0.05) is 25.9 Å². The molecule has 0 spiro atoms. The topological polar surface area (TPSA) is 62.9 Å². The summed E-state index contributed by atoms with van der Waals surface area (Å²) < 4.78 is 24.1. The average Bonchev–Trinajstić information content (AvgIpc) is 3.28. The molecule has 5 nitrogen and oxygen atoms in total. The fourth-order valence-corrected chi connectivity index (χ4v) is 4.82. The van der Waals surface area contributed by atoms with E-state index in [0.717, 1.165) is 37.3 Å². The van der Waals surface area contributed by atoms with Gasteiger partial charge in [0.15, 0.2) is 0 Å². The Labute approximate surface area is 164 Å². The third kappa shape index (κ3) is 3.84. The summed E-state index contributed by atoms with van der Waals surface area (Å²) in [7, 11) is 0. The highest BCUT2D eigenvalue weighted by atomic mass is 19.1. The number of benzene rings is 1. The van der Waals surface area contributed by atoms with Crippen LogP contribution in [-0.4, -0.2) is 29.1 Å². The molecule has 1 N–H and O–H groups in total. The van der Waals surface area contributed by atoms with Gasteiger partial charge in [0.25, 0.3) is 0 Å². The second kappa shape index (κ2) is 7.68. The molecule has 3 atom stereocenters. The predicted octanol–water partition coefficient (Wildman–Crippen LogP) is 3.60. The smallest absolute Gasteiger partial charge is 0.303 e. The van der Waals surface area contributed by atoms with Crippen molar-refractivity contribution in [2.24, 2.45) is 11.8 Å². The molecule has 150 valence electrons. The molecule has 1 aromatic carbocycles. The minimum absolute atomic E-state index is 0.127. The number of halogens is 1. The van der Waals surface area contributed by atoms with Crippen LogP contribution < -0.4 is 0 Å². The standard InChI is InChI=1S/C22H26FNO4/c1-15(25)27-14-20-9-8-19(28-20)12-24-11-16-3-2-10-22(26,21(16)13-24)17-4-6-18(23)7-5-17/h4-9,16,21,26H,2-3,10-14H2,1H3/t16-,21+,22-/m0/s1. The number of rotatable bonds is 5. The van der Waals surface area contributed by atoms with Crippen molar-refractivity contribution >= 4 is 5.97 Å². The van der Waals surface area contributed by atoms with Gasteiger partial charge < -0.3 is 14.3 Å². The molecule has 28 heavy (non-hydrogen) atoms. The van der Waals surface area contributed by atoms with Crippen LogP contribution in [0.25, 0.3) is 0 Å². The Bertz CT molecular complexity index is 833. The van der Waals surface area contributed by atoms with Crippen LogP contribution >= 0.6 is 0 Å². The van der Waals surface area contributed by atoms with Crippen LogP contribution in [0.4, 0.5) is 4.39 Å². The molecule has 1 aliphatic carbocycles. The summed E-state index contributed by atoms with van der Waals surface area (Å²) in [5, 5.41) is 11.5. The largest absolute Gasteiger partial charge is 0.461 e. The summed E-state index contributed by atoms with van der Waals surface area (Å²) >= 11 is 0. The SMILES string of the molecule is CC(=O)OCc1ccc(CN2C[C@@H]3CCC[C@](O)(c4ccc(F)cc4)[C@@H]3C2)o1. The Morgan fingerprint density at radius 2 is 2.00 bits per heavy atom. The van der Waals surface area contributed by atoms with Crippen LogP contribution in [-0.2, 0) is 28.3 Å². The van der Waals surface area contributed by atoms with Gasteiger partial charge in [0.1, 0.15) is 23.9 Å². The molecule has 6 heteroatoms. The number of hydrogen-bond acceptors (Lipinski definition) is 5. The van der Waals surface area contributed by atoms with E-state index in [2.05, 4.69) is 4.90 Å². The van der Waals surface area contributed by atoms with Crippen molar-refractivity contribution in [3.63, 3.8) is 0 Å². The van der Waals surface area contributed by atoms with E-state index < -0.39 is 5.60 Å². The van der Waals surface area contributed by atoms with E-state index in [1.54, 1.807) is 12.1 Å². The maximum absolute atomic E-state index is 13.3. The van der Waals surface area contributed by atoms with Gasteiger partial charge in [0.2, 0.25) is 0 Å². The Morgan fingerprint density at radius 3 is 2.75 bits per heavy atom.